The van der Waals surface area contributed by atoms with E-state index in [0.29, 0.717) is 45.2 Å². The van der Waals surface area contributed by atoms with Crippen molar-refractivity contribution in [3.05, 3.63) is 29.3 Å². The minimum Gasteiger partial charge on any atom is -0.338 e. The van der Waals surface area contributed by atoms with Crippen LogP contribution in [0.3, 0.4) is 0 Å². The zero-order chi connectivity index (χ0) is 21.4. The zero-order valence-electron chi connectivity index (χ0n) is 17.9. The molecule has 1 aromatic carbocycles. The normalized spacial score (nSPS) is 15.2. The number of urea groups is 1. The first-order valence-corrected chi connectivity index (χ1v) is 10.1. The molecule has 0 aromatic heterocycles. The van der Waals surface area contributed by atoms with Crippen LogP contribution in [0.1, 0.15) is 25.0 Å². The fourth-order valence-corrected chi connectivity index (χ4v) is 3.10. The monoisotopic (exact) mass is 403 g/mol. The van der Waals surface area contributed by atoms with Gasteiger partial charge in [-0.25, -0.2) is 4.79 Å². The summed E-state index contributed by atoms with van der Waals surface area (Å²) in [7, 11) is 0. The Morgan fingerprint density at radius 2 is 1.55 bits per heavy atom. The van der Waals surface area contributed by atoms with Gasteiger partial charge in [-0.1, -0.05) is 26.0 Å². The van der Waals surface area contributed by atoms with E-state index in [0.717, 1.165) is 16.8 Å². The van der Waals surface area contributed by atoms with Gasteiger partial charge in [0.25, 0.3) is 0 Å². The van der Waals surface area contributed by atoms with Crippen LogP contribution < -0.4 is 16.0 Å². The van der Waals surface area contributed by atoms with Gasteiger partial charge in [0.05, 0.1) is 13.1 Å². The van der Waals surface area contributed by atoms with Crippen molar-refractivity contribution in [3.8, 4) is 0 Å². The fourth-order valence-electron chi connectivity index (χ4n) is 3.10. The number of benzene rings is 1. The molecule has 0 spiro atoms. The number of carbonyl (C=O) groups is 3. The molecule has 1 fully saturated rings. The topological polar surface area (TPSA) is 93.8 Å². The third kappa shape index (κ3) is 7.83. The highest BCUT2D eigenvalue weighted by Crippen LogP contribution is 2.17. The standard InChI is InChI=1S/C21H33N5O3/c1-15(2)12-22-21(29)24-20(28)14-26-10-8-25(9-11-26)13-19(27)23-18-7-5-6-16(3)17(18)4/h5-7,15H,8-14H2,1-4H3,(H,23,27)(H2,22,24,28,29). The van der Waals surface area contributed by atoms with E-state index in [2.05, 4.69) is 20.9 Å². The molecular weight excluding hydrogens is 370 g/mol. The molecule has 0 saturated carbocycles. The number of aryl methyl sites for hydroxylation is 1. The van der Waals surface area contributed by atoms with Crippen molar-refractivity contribution in [1.82, 2.24) is 20.4 Å². The maximum Gasteiger partial charge on any atom is 0.321 e. The van der Waals surface area contributed by atoms with Gasteiger partial charge in [-0.05, 0) is 37.0 Å². The molecule has 0 aliphatic carbocycles. The number of hydrogen-bond acceptors (Lipinski definition) is 5. The van der Waals surface area contributed by atoms with E-state index in [9.17, 15) is 14.4 Å². The fraction of sp³-hybridized carbons (Fsp3) is 0.571. The predicted octanol–water partition coefficient (Wildman–Crippen LogP) is 1.34. The van der Waals surface area contributed by atoms with Gasteiger partial charge in [0.15, 0.2) is 0 Å². The van der Waals surface area contributed by atoms with Crippen LogP contribution in [0.2, 0.25) is 0 Å². The number of amides is 4. The van der Waals surface area contributed by atoms with Gasteiger partial charge in [0.2, 0.25) is 11.8 Å². The van der Waals surface area contributed by atoms with Crippen molar-refractivity contribution in [2.24, 2.45) is 5.92 Å². The van der Waals surface area contributed by atoms with Gasteiger partial charge in [0.1, 0.15) is 0 Å². The Balaban J connectivity index is 1.69. The Morgan fingerprint density at radius 3 is 2.14 bits per heavy atom. The van der Waals surface area contributed by atoms with Crippen molar-refractivity contribution in [1.29, 1.82) is 0 Å². The first kappa shape index (κ1) is 22.8. The SMILES string of the molecule is Cc1cccc(NC(=O)CN2CCN(CC(=O)NC(=O)NCC(C)C)CC2)c1C. The van der Waals surface area contributed by atoms with Gasteiger partial charge < -0.3 is 10.6 Å². The lowest BCUT2D eigenvalue weighted by molar-refractivity contribution is -0.122. The molecule has 29 heavy (non-hydrogen) atoms. The third-order valence-electron chi connectivity index (χ3n) is 5.00. The number of hydrogen-bond donors (Lipinski definition) is 3. The lowest BCUT2D eigenvalue weighted by Gasteiger charge is -2.33. The summed E-state index contributed by atoms with van der Waals surface area (Å²) in [4.78, 5) is 40.1. The van der Waals surface area contributed by atoms with Crippen LogP contribution in [0.4, 0.5) is 10.5 Å². The third-order valence-corrected chi connectivity index (χ3v) is 5.00. The smallest absolute Gasteiger partial charge is 0.321 e. The second-order valence-corrected chi connectivity index (χ2v) is 8.00. The van der Waals surface area contributed by atoms with Crippen LogP contribution >= 0.6 is 0 Å². The van der Waals surface area contributed by atoms with Crippen molar-refractivity contribution in [2.75, 3.05) is 51.1 Å². The van der Waals surface area contributed by atoms with E-state index in [1.807, 2.05) is 50.8 Å². The van der Waals surface area contributed by atoms with E-state index < -0.39 is 6.03 Å². The molecule has 2 rings (SSSR count). The lowest BCUT2D eigenvalue weighted by Crippen LogP contribution is -2.52. The summed E-state index contributed by atoms with van der Waals surface area (Å²) in [6.07, 6.45) is 0. The van der Waals surface area contributed by atoms with Gasteiger partial charge >= 0.3 is 6.03 Å². The summed E-state index contributed by atoms with van der Waals surface area (Å²) in [5, 5.41) is 8.00. The van der Waals surface area contributed by atoms with Gasteiger partial charge in [-0.3, -0.25) is 24.7 Å². The van der Waals surface area contributed by atoms with Crippen LogP contribution in [0.5, 0.6) is 0 Å². The molecule has 1 heterocycles. The van der Waals surface area contributed by atoms with E-state index in [-0.39, 0.29) is 18.4 Å². The van der Waals surface area contributed by atoms with Crippen LogP contribution in [0, 0.1) is 19.8 Å². The molecule has 160 valence electrons. The van der Waals surface area contributed by atoms with Crippen molar-refractivity contribution >= 4 is 23.5 Å². The second kappa shape index (κ2) is 10.9. The maximum absolute atomic E-state index is 12.4. The number of piperazine rings is 1. The lowest BCUT2D eigenvalue weighted by atomic mass is 10.1. The van der Waals surface area contributed by atoms with Crippen molar-refractivity contribution in [2.45, 2.75) is 27.7 Å². The van der Waals surface area contributed by atoms with Gasteiger partial charge in [0, 0.05) is 38.4 Å². The molecular formula is C21H33N5O3. The minimum atomic E-state index is -0.453. The Kier molecular flexibility index (Phi) is 8.60. The zero-order valence-corrected chi connectivity index (χ0v) is 17.9. The summed E-state index contributed by atoms with van der Waals surface area (Å²) < 4.78 is 0. The summed E-state index contributed by atoms with van der Waals surface area (Å²) in [5.74, 6) is -0.0185. The maximum atomic E-state index is 12.4. The Hall–Kier alpha value is -2.45. The summed E-state index contributed by atoms with van der Waals surface area (Å²) in [5.41, 5.74) is 3.07. The molecule has 8 heteroatoms. The first-order chi connectivity index (χ1) is 13.7. The number of carbonyl (C=O) groups excluding carboxylic acids is 3. The van der Waals surface area contributed by atoms with Crippen molar-refractivity contribution in [3.63, 3.8) is 0 Å². The quantitative estimate of drug-likeness (QED) is 0.639. The molecule has 1 saturated heterocycles. The van der Waals surface area contributed by atoms with Crippen LogP contribution in [0.25, 0.3) is 0 Å². The van der Waals surface area contributed by atoms with E-state index >= 15 is 0 Å². The molecule has 8 nitrogen and oxygen atoms in total. The van der Waals surface area contributed by atoms with Crippen LogP contribution in [-0.2, 0) is 9.59 Å². The molecule has 0 bridgehead atoms. The predicted molar refractivity (Wildman–Crippen MR) is 114 cm³/mol. The number of imide groups is 1. The molecule has 0 unspecified atom stereocenters. The summed E-state index contributed by atoms with van der Waals surface area (Å²) in [6.45, 7) is 11.8. The van der Waals surface area contributed by atoms with Crippen LogP contribution in [-0.4, -0.2) is 73.5 Å². The summed E-state index contributed by atoms with van der Waals surface area (Å²) >= 11 is 0. The Labute approximate surface area is 173 Å². The molecule has 1 aromatic rings. The van der Waals surface area contributed by atoms with Crippen molar-refractivity contribution < 1.29 is 14.4 Å². The second-order valence-electron chi connectivity index (χ2n) is 8.00. The average molecular weight is 404 g/mol. The molecule has 0 atom stereocenters. The number of nitrogens with one attached hydrogen (secondary N) is 3. The first-order valence-electron chi connectivity index (χ1n) is 10.1. The Morgan fingerprint density at radius 1 is 0.966 bits per heavy atom. The highest BCUT2D eigenvalue weighted by Gasteiger charge is 2.21. The van der Waals surface area contributed by atoms with E-state index in [4.69, 9.17) is 0 Å². The Bertz CT molecular complexity index is 727. The van der Waals surface area contributed by atoms with Gasteiger partial charge in [-0.15, -0.1) is 0 Å². The molecule has 0 radical (unpaired) electrons. The van der Waals surface area contributed by atoms with Gasteiger partial charge in [-0.2, -0.15) is 0 Å². The molecule has 1 aliphatic rings. The number of rotatable bonds is 7. The van der Waals surface area contributed by atoms with E-state index in [1.54, 1.807) is 0 Å². The number of nitrogens with zero attached hydrogens (tertiary/aromatic N) is 2. The number of anilines is 1. The average Bonchev–Trinajstić information content (AvgIpc) is 2.65. The highest BCUT2D eigenvalue weighted by molar-refractivity contribution is 5.95. The van der Waals surface area contributed by atoms with Crippen LogP contribution in [0.15, 0.2) is 18.2 Å². The summed E-state index contributed by atoms with van der Waals surface area (Å²) in [6, 6.07) is 5.42. The largest absolute Gasteiger partial charge is 0.338 e. The highest BCUT2D eigenvalue weighted by atomic mass is 16.2. The minimum absolute atomic E-state index is 0.0354. The molecule has 3 N–H and O–H groups in total. The molecule has 1 aliphatic heterocycles. The molecule has 4 amide bonds. The van der Waals surface area contributed by atoms with E-state index in [1.165, 1.54) is 0 Å².